The summed E-state index contributed by atoms with van der Waals surface area (Å²) in [5.74, 6) is 0.332. The SMILES string of the molecule is CC(C)C1(C(=O)NCC(O)c2ccccc2)CCNC1. The molecule has 20 heavy (non-hydrogen) atoms. The number of aliphatic hydroxyl groups excluding tert-OH is 1. The van der Waals surface area contributed by atoms with Gasteiger partial charge in [-0.3, -0.25) is 4.79 Å². The minimum absolute atomic E-state index is 0.0486. The quantitative estimate of drug-likeness (QED) is 0.763. The minimum Gasteiger partial charge on any atom is -0.387 e. The predicted octanol–water partition coefficient (Wildman–Crippen LogP) is 1.47. The van der Waals surface area contributed by atoms with E-state index < -0.39 is 6.10 Å². The molecular weight excluding hydrogens is 252 g/mol. The second-order valence-electron chi connectivity index (χ2n) is 5.87. The Balaban J connectivity index is 1.95. The van der Waals surface area contributed by atoms with E-state index >= 15 is 0 Å². The van der Waals surface area contributed by atoms with Gasteiger partial charge in [0.05, 0.1) is 11.5 Å². The van der Waals surface area contributed by atoms with E-state index in [-0.39, 0.29) is 23.8 Å². The van der Waals surface area contributed by atoms with E-state index in [1.165, 1.54) is 0 Å². The van der Waals surface area contributed by atoms with Crippen LogP contribution in [-0.2, 0) is 4.79 Å². The molecule has 1 aromatic rings. The van der Waals surface area contributed by atoms with E-state index in [4.69, 9.17) is 0 Å². The molecule has 1 heterocycles. The van der Waals surface area contributed by atoms with E-state index in [1.807, 2.05) is 30.3 Å². The molecule has 4 nitrogen and oxygen atoms in total. The summed E-state index contributed by atoms with van der Waals surface area (Å²) in [6.07, 6.45) is 0.205. The highest BCUT2D eigenvalue weighted by atomic mass is 16.3. The molecule has 2 unspecified atom stereocenters. The highest BCUT2D eigenvalue weighted by Crippen LogP contribution is 2.34. The third-order valence-corrected chi connectivity index (χ3v) is 4.39. The summed E-state index contributed by atoms with van der Waals surface area (Å²) >= 11 is 0. The molecule has 2 atom stereocenters. The number of hydrogen-bond acceptors (Lipinski definition) is 3. The number of hydrogen-bond donors (Lipinski definition) is 3. The van der Waals surface area contributed by atoms with Crippen LogP contribution in [0, 0.1) is 11.3 Å². The maximum Gasteiger partial charge on any atom is 0.227 e. The largest absolute Gasteiger partial charge is 0.387 e. The Labute approximate surface area is 120 Å². The molecule has 1 fully saturated rings. The summed E-state index contributed by atoms with van der Waals surface area (Å²) in [4.78, 5) is 12.5. The maximum atomic E-state index is 12.5. The molecule has 110 valence electrons. The average molecular weight is 276 g/mol. The monoisotopic (exact) mass is 276 g/mol. The van der Waals surface area contributed by atoms with Crippen LogP contribution in [0.15, 0.2) is 30.3 Å². The summed E-state index contributed by atoms with van der Waals surface area (Å²) < 4.78 is 0. The Hall–Kier alpha value is -1.39. The lowest BCUT2D eigenvalue weighted by molar-refractivity contribution is -0.132. The molecule has 1 amide bonds. The third kappa shape index (κ3) is 3.02. The van der Waals surface area contributed by atoms with Crippen molar-refractivity contribution in [1.29, 1.82) is 0 Å². The van der Waals surface area contributed by atoms with Crippen molar-refractivity contribution in [2.45, 2.75) is 26.4 Å². The highest BCUT2D eigenvalue weighted by molar-refractivity contribution is 5.83. The number of amides is 1. The van der Waals surface area contributed by atoms with Gasteiger partial charge in [-0.1, -0.05) is 44.2 Å². The Kier molecular flexibility index (Phi) is 4.78. The van der Waals surface area contributed by atoms with Gasteiger partial charge in [0.25, 0.3) is 0 Å². The zero-order chi connectivity index (χ0) is 14.6. The van der Waals surface area contributed by atoms with Crippen LogP contribution in [0.4, 0.5) is 0 Å². The van der Waals surface area contributed by atoms with Crippen LogP contribution < -0.4 is 10.6 Å². The molecule has 3 N–H and O–H groups in total. The van der Waals surface area contributed by atoms with Crippen LogP contribution in [0.25, 0.3) is 0 Å². The Morgan fingerprint density at radius 2 is 2.10 bits per heavy atom. The van der Waals surface area contributed by atoms with Gasteiger partial charge in [-0.25, -0.2) is 0 Å². The normalized spacial score (nSPS) is 23.8. The summed E-state index contributed by atoms with van der Waals surface area (Å²) in [6, 6.07) is 9.42. The first kappa shape index (κ1) is 15.0. The van der Waals surface area contributed by atoms with Gasteiger partial charge >= 0.3 is 0 Å². The second-order valence-corrected chi connectivity index (χ2v) is 5.87. The minimum atomic E-state index is -0.654. The molecule has 0 bridgehead atoms. The standard InChI is InChI=1S/C16H24N2O2/c1-12(2)16(8-9-17-11-16)15(20)18-10-14(19)13-6-4-3-5-7-13/h3-7,12,14,17,19H,8-11H2,1-2H3,(H,18,20). The highest BCUT2D eigenvalue weighted by Gasteiger charge is 2.43. The summed E-state index contributed by atoms with van der Waals surface area (Å²) in [6.45, 7) is 6.03. The van der Waals surface area contributed by atoms with E-state index in [2.05, 4.69) is 24.5 Å². The average Bonchev–Trinajstić information content (AvgIpc) is 2.96. The lowest BCUT2D eigenvalue weighted by atomic mass is 9.75. The van der Waals surface area contributed by atoms with Gasteiger partial charge in [-0.2, -0.15) is 0 Å². The molecule has 1 aliphatic rings. The van der Waals surface area contributed by atoms with Gasteiger partial charge in [-0.15, -0.1) is 0 Å². The van der Waals surface area contributed by atoms with Gasteiger partial charge < -0.3 is 15.7 Å². The molecule has 4 heteroatoms. The lowest BCUT2D eigenvalue weighted by Gasteiger charge is -2.31. The Bertz CT molecular complexity index is 439. The smallest absolute Gasteiger partial charge is 0.227 e. The zero-order valence-electron chi connectivity index (χ0n) is 12.2. The number of rotatable bonds is 5. The molecule has 0 saturated carbocycles. The van der Waals surface area contributed by atoms with Gasteiger partial charge in [0, 0.05) is 13.1 Å². The first-order valence-corrected chi connectivity index (χ1v) is 7.28. The predicted molar refractivity (Wildman–Crippen MR) is 79.2 cm³/mol. The van der Waals surface area contributed by atoms with Gasteiger partial charge in [0.15, 0.2) is 0 Å². The number of aliphatic hydroxyl groups is 1. The first-order valence-electron chi connectivity index (χ1n) is 7.28. The maximum absolute atomic E-state index is 12.5. The van der Waals surface area contributed by atoms with Gasteiger partial charge in [0.1, 0.15) is 0 Å². The fraction of sp³-hybridized carbons (Fsp3) is 0.562. The molecule has 0 spiro atoms. The van der Waals surface area contributed by atoms with Crippen molar-refractivity contribution >= 4 is 5.91 Å². The number of carbonyl (C=O) groups is 1. The number of nitrogens with one attached hydrogen (secondary N) is 2. The second kappa shape index (κ2) is 6.37. The summed E-state index contributed by atoms with van der Waals surface area (Å²) in [5.41, 5.74) is 0.493. The molecule has 0 aliphatic carbocycles. The van der Waals surface area contributed by atoms with Crippen molar-refractivity contribution in [3.05, 3.63) is 35.9 Å². The van der Waals surface area contributed by atoms with Crippen LogP contribution in [0.5, 0.6) is 0 Å². The van der Waals surface area contributed by atoms with Crippen LogP contribution in [0.1, 0.15) is 31.9 Å². The Morgan fingerprint density at radius 3 is 2.65 bits per heavy atom. The van der Waals surface area contributed by atoms with Crippen molar-refractivity contribution in [1.82, 2.24) is 10.6 Å². The molecule has 1 aliphatic heterocycles. The third-order valence-electron chi connectivity index (χ3n) is 4.39. The van der Waals surface area contributed by atoms with Gasteiger partial charge in [-0.05, 0) is 24.4 Å². The molecule has 0 aromatic heterocycles. The zero-order valence-corrected chi connectivity index (χ0v) is 12.2. The van der Waals surface area contributed by atoms with Crippen molar-refractivity contribution < 1.29 is 9.90 Å². The van der Waals surface area contributed by atoms with Crippen molar-refractivity contribution in [3.63, 3.8) is 0 Å². The Morgan fingerprint density at radius 1 is 1.40 bits per heavy atom. The molecule has 0 radical (unpaired) electrons. The molecule has 1 aromatic carbocycles. The molecular formula is C16H24N2O2. The van der Waals surface area contributed by atoms with Crippen molar-refractivity contribution in [3.8, 4) is 0 Å². The topological polar surface area (TPSA) is 61.4 Å². The van der Waals surface area contributed by atoms with Crippen LogP contribution in [-0.4, -0.2) is 30.6 Å². The van der Waals surface area contributed by atoms with Crippen LogP contribution in [0.3, 0.4) is 0 Å². The molecule has 2 rings (SSSR count). The molecule has 1 saturated heterocycles. The van der Waals surface area contributed by atoms with E-state index in [0.717, 1.165) is 25.1 Å². The van der Waals surface area contributed by atoms with E-state index in [9.17, 15) is 9.90 Å². The van der Waals surface area contributed by atoms with Crippen molar-refractivity contribution in [2.75, 3.05) is 19.6 Å². The first-order chi connectivity index (χ1) is 9.56. The fourth-order valence-electron chi connectivity index (χ4n) is 2.82. The van der Waals surface area contributed by atoms with Gasteiger partial charge in [0.2, 0.25) is 5.91 Å². The number of carbonyl (C=O) groups excluding carboxylic acids is 1. The summed E-state index contributed by atoms with van der Waals surface area (Å²) in [5, 5.41) is 16.3. The summed E-state index contributed by atoms with van der Waals surface area (Å²) in [7, 11) is 0. The fourth-order valence-corrected chi connectivity index (χ4v) is 2.82. The number of benzene rings is 1. The van der Waals surface area contributed by atoms with Crippen LogP contribution in [0.2, 0.25) is 0 Å². The lowest BCUT2D eigenvalue weighted by Crippen LogP contribution is -2.47. The van der Waals surface area contributed by atoms with Crippen molar-refractivity contribution in [2.24, 2.45) is 11.3 Å². The van der Waals surface area contributed by atoms with Crippen LogP contribution >= 0.6 is 0 Å². The van der Waals surface area contributed by atoms with E-state index in [1.54, 1.807) is 0 Å². The van der Waals surface area contributed by atoms with E-state index in [0.29, 0.717) is 0 Å².